The molecule has 2 atom stereocenters. The van der Waals surface area contributed by atoms with Crippen LogP contribution in [0.25, 0.3) is 22.2 Å². The van der Waals surface area contributed by atoms with Crippen molar-refractivity contribution in [2.45, 2.75) is 50.8 Å². The van der Waals surface area contributed by atoms with Gasteiger partial charge in [0.05, 0.1) is 18.2 Å². The van der Waals surface area contributed by atoms with Crippen LogP contribution in [0.2, 0.25) is 0 Å². The summed E-state index contributed by atoms with van der Waals surface area (Å²) in [4.78, 5) is 25.9. The minimum Gasteiger partial charge on any atom is -0.408 e. The van der Waals surface area contributed by atoms with Crippen LogP contribution >= 0.6 is 0 Å². The zero-order chi connectivity index (χ0) is 24.4. The van der Waals surface area contributed by atoms with Gasteiger partial charge in [-0.3, -0.25) is 14.3 Å². The van der Waals surface area contributed by atoms with Crippen molar-refractivity contribution in [3.05, 3.63) is 58.6 Å². The van der Waals surface area contributed by atoms with Crippen LogP contribution in [0.3, 0.4) is 0 Å². The van der Waals surface area contributed by atoms with E-state index in [2.05, 4.69) is 6.07 Å². The zero-order valence-corrected chi connectivity index (χ0v) is 19.7. The van der Waals surface area contributed by atoms with Crippen molar-refractivity contribution in [1.29, 1.82) is 5.26 Å². The van der Waals surface area contributed by atoms with Gasteiger partial charge in [0.1, 0.15) is 12.1 Å². The highest BCUT2D eigenvalue weighted by atomic mass is 16.5. The topological polar surface area (TPSA) is 114 Å². The smallest absolute Gasteiger partial charge is 0.408 e. The minimum absolute atomic E-state index is 0.288. The largest absolute Gasteiger partial charge is 0.419 e. The van der Waals surface area contributed by atoms with Crippen molar-refractivity contribution in [2.24, 2.45) is 11.7 Å². The van der Waals surface area contributed by atoms with E-state index >= 15 is 0 Å². The molecule has 1 aromatic heterocycles. The molecule has 2 heterocycles. The van der Waals surface area contributed by atoms with Gasteiger partial charge in [-0.2, -0.15) is 5.26 Å². The monoisotopic (exact) mass is 474 g/mol. The molecule has 182 valence electrons. The van der Waals surface area contributed by atoms with Crippen molar-refractivity contribution in [3.63, 3.8) is 0 Å². The fraction of sp³-hybridized carbons (Fsp3) is 0.444. The zero-order valence-electron chi connectivity index (χ0n) is 19.7. The lowest BCUT2D eigenvalue weighted by atomic mass is 9.99. The Kier molecular flexibility index (Phi) is 6.71. The first-order valence-electron chi connectivity index (χ1n) is 12.3. The molecule has 1 saturated heterocycles. The third kappa shape index (κ3) is 5.02. The predicted octanol–water partition coefficient (Wildman–Crippen LogP) is 3.07. The fourth-order valence-corrected chi connectivity index (χ4v) is 5.30. The van der Waals surface area contributed by atoms with Gasteiger partial charge in [-0.1, -0.05) is 43.2 Å². The Bertz CT molecular complexity index is 1300. The number of oxazole rings is 1. The third-order valence-corrected chi connectivity index (χ3v) is 7.30. The van der Waals surface area contributed by atoms with Gasteiger partial charge in [0.15, 0.2) is 5.58 Å². The van der Waals surface area contributed by atoms with Gasteiger partial charge in [-0.25, -0.2) is 4.79 Å². The van der Waals surface area contributed by atoms with E-state index < -0.39 is 12.0 Å². The summed E-state index contributed by atoms with van der Waals surface area (Å²) in [5.74, 6) is -0.253. The molecule has 0 spiro atoms. The average Bonchev–Trinajstić information content (AvgIpc) is 3.50. The number of nitriles is 1. The number of aromatic nitrogens is 1. The average molecular weight is 475 g/mol. The highest BCUT2D eigenvalue weighted by Crippen LogP contribution is 2.29. The number of fused-ring (bicyclic) bond motifs is 1. The van der Waals surface area contributed by atoms with Gasteiger partial charge in [0, 0.05) is 26.1 Å². The maximum atomic E-state index is 12.5. The molecule has 35 heavy (non-hydrogen) atoms. The summed E-state index contributed by atoms with van der Waals surface area (Å²) >= 11 is 0. The molecule has 2 aromatic carbocycles. The predicted molar refractivity (Wildman–Crippen MR) is 131 cm³/mol. The number of morpholine rings is 1. The van der Waals surface area contributed by atoms with Crippen molar-refractivity contribution >= 4 is 17.0 Å². The molecular weight excluding hydrogens is 444 g/mol. The number of carbonyl (C=O) groups excluding carboxylic acids is 1. The van der Waals surface area contributed by atoms with Crippen LogP contribution in [0.5, 0.6) is 0 Å². The molecular formula is C27H30N4O4. The Morgan fingerprint density at radius 3 is 2.60 bits per heavy atom. The van der Waals surface area contributed by atoms with Crippen molar-refractivity contribution in [2.75, 3.05) is 19.7 Å². The number of ether oxygens (including phenoxy) is 1. The second-order valence-corrected chi connectivity index (χ2v) is 9.61. The molecule has 0 unspecified atom stereocenters. The summed E-state index contributed by atoms with van der Waals surface area (Å²) in [6, 6.07) is 16.0. The van der Waals surface area contributed by atoms with E-state index in [9.17, 15) is 14.9 Å². The van der Waals surface area contributed by atoms with Crippen LogP contribution in [0, 0.1) is 17.2 Å². The van der Waals surface area contributed by atoms with Crippen LogP contribution in [0.1, 0.15) is 31.2 Å². The maximum absolute atomic E-state index is 12.5. The number of amides is 1. The van der Waals surface area contributed by atoms with E-state index in [1.165, 1.54) is 12.8 Å². The van der Waals surface area contributed by atoms with Crippen LogP contribution < -0.4 is 11.5 Å². The Balaban J connectivity index is 1.32. The Labute approximate surface area is 203 Å². The molecule has 8 heteroatoms. The normalized spacial score (nSPS) is 20.1. The van der Waals surface area contributed by atoms with Gasteiger partial charge in [-0.05, 0) is 47.6 Å². The number of carbonyl (C=O) groups is 1. The molecule has 8 nitrogen and oxygen atoms in total. The van der Waals surface area contributed by atoms with Gasteiger partial charge in [0.2, 0.25) is 5.91 Å². The SMILES string of the molecule is N#C[C@H](Cc1ccc(-c2ccc3oc(=O)n(CC4CCCC4)c3c2)cc1)N1CCO[C@H](C(N)=O)C1. The molecule has 3 aromatic rings. The minimum atomic E-state index is -0.675. The summed E-state index contributed by atoms with van der Waals surface area (Å²) < 4.78 is 12.7. The summed E-state index contributed by atoms with van der Waals surface area (Å²) in [5.41, 5.74) is 9.91. The first kappa shape index (κ1) is 23.3. The van der Waals surface area contributed by atoms with Crippen molar-refractivity contribution in [3.8, 4) is 17.2 Å². The number of nitrogens with two attached hydrogens (primary N) is 1. The number of rotatable bonds is 7. The lowest BCUT2D eigenvalue weighted by molar-refractivity contribution is -0.135. The third-order valence-electron chi connectivity index (χ3n) is 7.30. The second kappa shape index (κ2) is 10.1. The van der Waals surface area contributed by atoms with Crippen molar-refractivity contribution < 1.29 is 13.9 Å². The Morgan fingerprint density at radius 2 is 1.89 bits per heavy atom. The molecule has 2 fully saturated rings. The van der Waals surface area contributed by atoms with Crippen molar-refractivity contribution in [1.82, 2.24) is 9.47 Å². The van der Waals surface area contributed by atoms with Crippen LogP contribution in [-0.2, 0) is 22.5 Å². The second-order valence-electron chi connectivity index (χ2n) is 9.61. The van der Waals surface area contributed by atoms with E-state index in [0.717, 1.165) is 35.0 Å². The lowest BCUT2D eigenvalue weighted by Crippen LogP contribution is -2.52. The summed E-state index contributed by atoms with van der Waals surface area (Å²) in [7, 11) is 0. The van der Waals surface area contributed by atoms with E-state index in [1.54, 1.807) is 4.57 Å². The Morgan fingerprint density at radius 1 is 1.14 bits per heavy atom. The van der Waals surface area contributed by atoms with Gasteiger partial charge in [-0.15, -0.1) is 0 Å². The number of hydrogen-bond acceptors (Lipinski definition) is 6. The fourth-order valence-electron chi connectivity index (χ4n) is 5.30. The number of benzene rings is 2. The molecule has 1 aliphatic heterocycles. The molecule has 2 N–H and O–H groups in total. The van der Waals surface area contributed by atoms with Crippen LogP contribution in [0.15, 0.2) is 51.7 Å². The lowest BCUT2D eigenvalue weighted by Gasteiger charge is -2.34. The molecule has 1 saturated carbocycles. The van der Waals surface area contributed by atoms with E-state index in [0.29, 0.717) is 44.2 Å². The van der Waals surface area contributed by atoms with E-state index in [4.69, 9.17) is 14.9 Å². The molecule has 5 rings (SSSR count). The van der Waals surface area contributed by atoms with Gasteiger partial charge < -0.3 is 14.9 Å². The summed E-state index contributed by atoms with van der Waals surface area (Å²) in [6.07, 6.45) is 4.66. The number of hydrogen-bond donors (Lipinski definition) is 1. The Hall–Kier alpha value is -3.41. The molecule has 0 bridgehead atoms. The highest BCUT2D eigenvalue weighted by Gasteiger charge is 2.29. The van der Waals surface area contributed by atoms with Gasteiger partial charge in [0.25, 0.3) is 0 Å². The molecule has 1 aliphatic carbocycles. The van der Waals surface area contributed by atoms with Crippen LogP contribution in [-0.4, -0.2) is 47.2 Å². The summed E-state index contributed by atoms with van der Waals surface area (Å²) in [6.45, 7) is 2.02. The molecule has 2 aliphatic rings. The maximum Gasteiger partial charge on any atom is 0.419 e. The standard InChI is InChI=1S/C27H30N4O4/c28-15-22(30-11-12-34-25(17-30)26(29)32)13-18-5-7-20(8-6-18)21-9-10-24-23(14-21)31(27(33)35-24)16-19-3-1-2-4-19/h5-10,14,19,22,25H,1-4,11-13,16-17H2,(H2,29,32)/t22-,25-/m0/s1. The van der Waals surface area contributed by atoms with E-state index in [1.807, 2.05) is 47.4 Å². The first-order chi connectivity index (χ1) is 17.0. The molecule has 1 amide bonds. The first-order valence-corrected chi connectivity index (χ1v) is 12.3. The number of primary amides is 1. The summed E-state index contributed by atoms with van der Waals surface area (Å²) in [5, 5.41) is 9.74. The van der Waals surface area contributed by atoms with Gasteiger partial charge >= 0.3 is 5.76 Å². The van der Waals surface area contributed by atoms with E-state index in [-0.39, 0.29) is 11.8 Å². The molecule has 0 radical (unpaired) electrons. The number of nitrogens with zero attached hydrogens (tertiary/aromatic N) is 3. The van der Waals surface area contributed by atoms with Crippen LogP contribution in [0.4, 0.5) is 0 Å². The highest BCUT2D eigenvalue weighted by molar-refractivity contribution is 5.81. The quantitative estimate of drug-likeness (QED) is 0.563.